The van der Waals surface area contributed by atoms with E-state index in [-0.39, 0.29) is 4.90 Å². The quantitative estimate of drug-likeness (QED) is 0.309. The first-order chi connectivity index (χ1) is 15.5. The molecule has 172 valence electrons. The Kier molecular flexibility index (Phi) is 12.5. The topological polar surface area (TPSA) is 93.0 Å². The molecule has 0 spiro atoms. The molecule has 1 N–H and O–H groups in total. The van der Waals surface area contributed by atoms with E-state index in [1.807, 2.05) is 56.3 Å². The van der Waals surface area contributed by atoms with Gasteiger partial charge in [-0.3, -0.25) is 9.17 Å². The highest BCUT2D eigenvalue weighted by Gasteiger charge is 2.11. The molecule has 0 radical (unpaired) electrons. The molecule has 1 heterocycles. The molecule has 1 aromatic heterocycles. The van der Waals surface area contributed by atoms with Crippen LogP contribution < -0.4 is 5.32 Å². The maximum Gasteiger partial charge on any atom is 0.296 e. The summed E-state index contributed by atoms with van der Waals surface area (Å²) in [7, 11) is -2.57. The lowest BCUT2D eigenvalue weighted by Crippen LogP contribution is -2.01. The van der Waals surface area contributed by atoms with E-state index in [9.17, 15) is 8.42 Å². The number of pyridine rings is 1. The number of nitrogens with one attached hydrogen (secondary N) is 1. The first kappa shape index (κ1) is 26.9. The summed E-state index contributed by atoms with van der Waals surface area (Å²) in [5, 5.41) is 11.5. The number of aromatic nitrogens is 1. The average molecular weight is 457 g/mol. The van der Waals surface area contributed by atoms with Crippen LogP contribution in [0.1, 0.15) is 39.8 Å². The second kappa shape index (κ2) is 14.8. The molecule has 0 saturated carbocycles. The van der Waals surface area contributed by atoms with E-state index in [1.165, 1.54) is 18.6 Å². The van der Waals surface area contributed by atoms with Crippen LogP contribution in [0.2, 0.25) is 0 Å². The standard InChI is InChI=1S/C19H18N4O3S.C3H8.C2H6/c1-26-27(24,25)19-11-9-17(10-12-19)23-22-16-7-5-15(6-8-16)21-14-18-4-2-3-13-20-18;1-3-2;1-2/h2-13,21H,14H2,1H3;3H2,1-2H3;1-2H3. The highest BCUT2D eigenvalue weighted by Crippen LogP contribution is 2.22. The molecule has 0 atom stereocenters. The van der Waals surface area contributed by atoms with Crippen LogP contribution in [0.3, 0.4) is 0 Å². The van der Waals surface area contributed by atoms with Crippen molar-refractivity contribution in [3.63, 3.8) is 0 Å². The highest BCUT2D eigenvalue weighted by atomic mass is 32.2. The van der Waals surface area contributed by atoms with E-state index >= 15 is 0 Å². The molecule has 32 heavy (non-hydrogen) atoms. The van der Waals surface area contributed by atoms with Gasteiger partial charge in [-0.05, 0) is 60.7 Å². The first-order valence-electron chi connectivity index (χ1n) is 10.5. The number of anilines is 1. The number of rotatable bonds is 7. The fraction of sp³-hybridized carbons (Fsp3) is 0.292. The van der Waals surface area contributed by atoms with Gasteiger partial charge in [0.1, 0.15) is 0 Å². The molecular weight excluding hydrogens is 424 g/mol. The summed E-state index contributed by atoms with van der Waals surface area (Å²) in [6.45, 7) is 8.89. The molecule has 0 aliphatic heterocycles. The van der Waals surface area contributed by atoms with Gasteiger partial charge in [-0.1, -0.05) is 40.2 Å². The van der Waals surface area contributed by atoms with Crippen molar-refractivity contribution in [1.82, 2.24) is 4.98 Å². The third-order valence-corrected chi connectivity index (χ3v) is 4.98. The van der Waals surface area contributed by atoms with Gasteiger partial charge in [0.05, 0.1) is 35.6 Å². The van der Waals surface area contributed by atoms with E-state index in [2.05, 4.69) is 38.6 Å². The van der Waals surface area contributed by atoms with Gasteiger partial charge in [0.15, 0.2) is 0 Å². The van der Waals surface area contributed by atoms with Crippen LogP contribution in [0.15, 0.2) is 88.1 Å². The summed E-state index contributed by atoms with van der Waals surface area (Å²) < 4.78 is 27.6. The summed E-state index contributed by atoms with van der Waals surface area (Å²) in [6, 6.07) is 19.3. The third kappa shape index (κ3) is 9.36. The van der Waals surface area contributed by atoms with Gasteiger partial charge in [0.25, 0.3) is 10.1 Å². The van der Waals surface area contributed by atoms with Gasteiger partial charge >= 0.3 is 0 Å². The van der Waals surface area contributed by atoms with Crippen LogP contribution in [-0.4, -0.2) is 20.5 Å². The number of azo groups is 1. The van der Waals surface area contributed by atoms with Crippen LogP contribution in [0.25, 0.3) is 0 Å². The molecular formula is C24H32N4O3S. The van der Waals surface area contributed by atoms with Crippen molar-refractivity contribution in [3.05, 3.63) is 78.6 Å². The van der Waals surface area contributed by atoms with E-state index in [0.717, 1.165) is 18.5 Å². The normalized spacial score (nSPS) is 10.5. The van der Waals surface area contributed by atoms with Crippen molar-refractivity contribution >= 4 is 27.2 Å². The Labute approximate surface area is 191 Å². The number of nitrogens with zero attached hydrogens (tertiary/aromatic N) is 3. The first-order valence-corrected chi connectivity index (χ1v) is 12.0. The van der Waals surface area contributed by atoms with Gasteiger partial charge < -0.3 is 5.32 Å². The molecule has 0 unspecified atom stereocenters. The minimum absolute atomic E-state index is 0.0762. The summed E-state index contributed by atoms with van der Waals surface area (Å²) in [6.07, 6.45) is 3.01. The Bertz CT molecular complexity index is 1020. The van der Waals surface area contributed by atoms with Crippen LogP contribution in [0.5, 0.6) is 0 Å². The Hall–Kier alpha value is -3.10. The second-order valence-electron chi connectivity index (χ2n) is 6.24. The third-order valence-electron chi connectivity index (χ3n) is 3.69. The molecule has 8 heteroatoms. The molecule has 2 aromatic carbocycles. The number of hydrogen-bond acceptors (Lipinski definition) is 7. The summed E-state index contributed by atoms with van der Waals surface area (Å²) >= 11 is 0. The molecule has 0 aliphatic carbocycles. The minimum atomic E-state index is -3.70. The van der Waals surface area contributed by atoms with Gasteiger partial charge in [0, 0.05) is 11.9 Å². The fourth-order valence-corrected chi connectivity index (χ4v) is 2.89. The fourth-order valence-electron chi connectivity index (χ4n) is 2.23. The number of hydrogen-bond donors (Lipinski definition) is 1. The van der Waals surface area contributed by atoms with Gasteiger partial charge in [-0.15, -0.1) is 0 Å². The van der Waals surface area contributed by atoms with E-state index in [0.29, 0.717) is 17.9 Å². The lowest BCUT2D eigenvalue weighted by atomic mass is 10.2. The predicted molar refractivity (Wildman–Crippen MR) is 130 cm³/mol. The van der Waals surface area contributed by atoms with Gasteiger partial charge in [-0.25, -0.2) is 0 Å². The van der Waals surface area contributed by atoms with Gasteiger partial charge in [-0.2, -0.15) is 18.6 Å². The zero-order valence-corrected chi connectivity index (χ0v) is 20.1. The van der Waals surface area contributed by atoms with E-state index in [1.54, 1.807) is 18.3 Å². The smallest absolute Gasteiger partial charge is 0.296 e. The molecule has 0 bridgehead atoms. The SMILES string of the molecule is CC.CCC.COS(=O)(=O)c1ccc(N=Nc2ccc(NCc3ccccn3)cc2)cc1. The molecule has 3 aromatic rings. The molecule has 0 fully saturated rings. The Morgan fingerprint density at radius 2 is 1.41 bits per heavy atom. The van der Waals surface area contributed by atoms with Crippen molar-refractivity contribution in [1.29, 1.82) is 0 Å². The Morgan fingerprint density at radius 1 is 0.875 bits per heavy atom. The molecule has 0 saturated heterocycles. The zero-order valence-electron chi connectivity index (χ0n) is 19.3. The summed E-state index contributed by atoms with van der Waals surface area (Å²) in [4.78, 5) is 4.34. The van der Waals surface area contributed by atoms with Crippen LogP contribution in [0.4, 0.5) is 17.1 Å². The lowest BCUT2D eigenvalue weighted by Gasteiger charge is -2.05. The summed E-state index contributed by atoms with van der Waals surface area (Å²) in [5.74, 6) is 0. The molecule has 7 nitrogen and oxygen atoms in total. The predicted octanol–water partition coefficient (Wildman–Crippen LogP) is 6.89. The van der Waals surface area contributed by atoms with Crippen LogP contribution in [0, 0.1) is 0 Å². The van der Waals surface area contributed by atoms with E-state index in [4.69, 9.17) is 0 Å². The average Bonchev–Trinajstić information content (AvgIpc) is 2.85. The Morgan fingerprint density at radius 3 is 1.88 bits per heavy atom. The minimum Gasteiger partial charge on any atom is -0.379 e. The summed E-state index contributed by atoms with van der Waals surface area (Å²) in [5.41, 5.74) is 3.14. The molecule has 3 rings (SSSR count). The monoisotopic (exact) mass is 456 g/mol. The van der Waals surface area contributed by atoms with Crippen LogP contribution >= 0.6 is 0 Å². The van der Waals surface area contributed by atoms with Crippen molar-refractivity contribution < 1.29 is 12.6 Å². The number of benzene rings is 2. The molecule has 0 amide bonds. The Balaban J connectivity index is 0.000000944. The van der Waals surface area contributed by atoms with Gasteiger partial charge in [0.2, 0.25) is 0 Å². The van der Waals surface area contributed by atoms with E-state index < -0.39 is 10.1 Å². The van der Waals surface area contributed by atoms with Crippen molar-refractivity contribution in [2.75, 3.05) is 12.4 Å². The maximum atomic E-state index is 11.6. The largest absolute Gasteiger partial charge is 0.379 e. The molecule has 0 aliphatic rings. The highest BCUT2D eigenvalue weighted by molar-refractivity contribution is 7.86. The van der Waals surface area contributed by atoms with Crippen molar-refractivity contribution in [2.24, 2.45) is 10.2 Å². The maximum absolute atomic E-state index is 11.6. The van der Waals surface area contributed by atoms with Crippen LogP contribution in [-0.2, 0) is 20.8 Å². The second-order valence-corrected chi connectivity index (χ2v) is 7.96. The zero-order chi connectivity index (χ0) is 23.8. The van der Waals surface area contributed by atoms with Crippen molar-refractivity contribution in [2.45, 2.75) is 45.6 Å². The lowest BCUT2D eigenvalue weighted by molar-refractivity contribution is 0.398. The van der Waals surface area contributed by atoms with Crippen molar-refractivity contribution in [3.8, 4) is 0 Å².